The van der Waals surface area contributed by atoms with E-state index in [-0.39, 0.29) is 11.6 Å². The molecule has 10 heteroatoms. The van der Waals surface area contributed by atoms with Gasteiger partial charge in [-0.15, -0.1) is 5.10 Å². The standard InChI is InChI=1S/C20H20FN7O2/c1-3-18(29)23-13-7-8-15(21)17(10-13)30-19-16-6-5-9-28(16)26-20(25-19)24-14-11-22-27(4-2)12-14/h3,5-10,12,22H,1,4,11H2,2H3,(H,23,29)(H,24,26). The molecule has 2 aromatic heterocycles. The maximum Gasteiger partial charge on any atom is 0.248 e. The summed E-state index contributed by atoms with van der Waals surface area (Å²) in [6, 6.07) is 7.57. The third-order valence-corrected chi connectivity index (χ3v) is 4.35. The molecular formula is C20H20FN7O2. The predicted molar refractivity (Wildman–Crippen MR) is 110 cm³/mol. The first-order valence-electron chi connectivity index (χ1n) is 9.30. The number of aromatic nitrogens is 3. The lowest BCUT2D eigenvalue weighted by Gasteiger charge is -2.11. The number of hydrazine groups is 1. The molecule has 0 saturated carbocycles. The van der Waals surface area contributed by atoms with Gasteiger partial charge in [0.25, 0.3) is 0 Å². The van der Waals surface area contributed by atoms with Gasteiger partial charge in [0.05, 0.1) is 12.2 Å². The molecule has 0 bridgehead atoms. The molecule has 0 aliphatic carbocycles. The highest BCUT2D eigenvalue weighted by molar-refractivity contribution is 5.98. The van der Waals surface area contributed by atoms with E-state index in [4.69, 9.17) is 4.74 Å². The Morgan fingerprint density at radius 1 is 1.43 bits per heavy atom. The van der Waals surface area contributed by atoms with Crippen molar-refractivity contribution in [2.75, 3.05) is 23.7 Å². The van der Waals surface area contributed by atoms with E-state index in [2.05, 4.69) is 32.7 Å². The Labute approximate surface area is 171 Å². The van der Waals surface area contributed by atoms with Gasteiger partial charge in [0.1, 0.15) is 5.52 Å². The molecule has 30 heavy (non-hydrogen) atoms. The van der Waals surface area contributed by atoms with Gasteiger partial charge in [-0.05, 0) is 37.3 Å². The summed E-state index contributed by atoms with van der Waals surface area (Å²) in [5.74, 6) is -0.609. The van der Waals surface area contributed by atoms with Crippen LogP contribution in [-0.4, -0.2) is 38.6 Å². The number of hydrogen-bond donors (Lipinski definition) is 3. The van der Waals surface area contributed by atoms with E-state index in [1.165, 1.54) is 18.2 Å². The normalized spacial score (nSPS) is 13.3. The highest BCUT2D eigenvalue weighted by Gasteiger charge is 2.16. The average molecular weight is 409 g/mol. The zero-order valence-corrected chi connectivity index (χ0v) is 16.2. The van der Waals surface area contributed by atoms with Gasteiger partial charge in [-0.3, -0.25) is 4.79 Å². The molecule has 3 aromatic rings. The zero-order valence-electron chi connectivity index (χ0n) is 16.2. The van der Waals surface area contributed by atoms with Gasteiger partial charge in [0.15, 0.2) is 11.6 Å². The van der Waals surface area contributed by atoms with Crippen molar-refractivity contribution in [3.63, 3.8) is 0 Å². The van der Waals surface area contributed by atoms with Crippen LogP contribution in [0.5, 0.6) is 11.6 Å². The highest BCUT2D eigenvalue weighted by atomic mass is 19.1. The number of anilines is 2. The van der Waals surface area contributed by atoms with Gasteiger partial charge in [-0.2, -0.15) is 4.98 Å². The molecule has 1 amide bonds. The third-order valence-electron chi connectivity index (χ3n) is 4.35. The van der Waals surface area contributed by atoms with Crippen LogP contribution >= 0.6 is 0 Å². The fourth-order valence-electron chi connectivity index (χ4n) is 2.88. The highest BCUT2D eigenvalue weighted by Crippen LogP contribution is 2.30. The molecule has 154 valence electrons. The lowest BCUT2D eigenvalue weighted by Crippen LogP contribution is -2.28. The number of nitrogens with zero attached hydrogens (tertiary/aromatic N) is 4. The van der Waals surface area contributed by atoms with Crippen LogP contribution in [-0.2, 0) is 4.79 Å². The van der Waals surface area contributed by atoms with E-state index >= 15 is 0 Å². The number of fused-ring (bicyclic) bond motifs is 1. The topological polar surface area (TPSA) is 95.8 Å². The maximum absolute atomic E-state index is 14.4. The van der Waals surface area contributed by atoms with Gasteiger partial charge in [0, 0.05) is 30.7 Å². The molecule has 3 N–H and O–H groups in total. The quantitative estimate of drug-likeness (QED) is 0.517. The molecule has 1 aliphatic heterocycles. The Hall–Kier alpha value is -3.92. The number of carbonyl (C=O) groups is 1. The van der Waals surface area contributed by atoms with Gasteiger partial charge in [0.2, 0.25) is 17.7 Å². The molecule has 0 unspecified atom stereocenters. The molecule has 0 fully saturated rings. The number of carbonyl (C=O) groups excluding carboxylic acids is 1. The van der Waals surface area contributed by atoms with Crippen molar-refractivity contribution in [1.82, 2.24) is 25.0 Å². The predicted octanol–water partition coefficient (Wildman–Crippen LogP) is 2.88. The molecule has 0 atom stereocenters. The lowest BCUT2D eigenvalue weighted by molar-refractivity contribution is -0.111. The monoisotopic (exact) mass is 409 g/mol. The van der Waals surface area contributed by atoms with Crippen LogP contribution in [0.1, 0.15) is 6.92 Å². The molecular weight excluding hydrogens is 389 g/mol. The third kappa shape index (κ3) is 4.08. The molecule has 1 aromatic carbocycles. The summed E-state index contributed by atoms with van der Waals surface area (Å²) >= 11 is 0. The van der Waals surface area contributed by atoms with Gasteiger partial charge in [-0.1, -0.05) is 6.58 Å². The van der Waals surface area contributed by atoms with Crippen molar-refractivity contribution in [2.45, 2.75) is 6.92 Å². The molecule has 1 aliphatic rings. The number of halogens is 1. The Morgan fingerprint density at radius 3 is 3.07 bits per heavy atom. The van der Waals surface area contributed by atoms with Crippen molar-refractivity contribution >= 4 is 23.1 Å². The summed E-state index contributed by atoms with van der Waals surface area (Å²) in [6.07, 6.45) is 4.80. The first-order valence-corrected chi connectivity index (χ1v) is 9.30. The Balaban J connectivity index is 1.64. The fraction of sp³-hybridized carbons (Fsp3) is 0.150. The number of ether oxygens (including phenoxy) is 1. The SMILES string of the molecule is C=CC(=O)Nc1ccc(F)c(Oc2nc(NC3=CN(CC)NC3)nn3cccc23)c1. The van der Waals surface area contributed by atoms with Crippen LogP contribution in [0.2, 0.25) is 0 Å². The Bertz CT molecular complexity index is 1140. The lowest BCUT2D eigenvalue weighted by atomic mass is 10.3. The molecule has 4 rings (SSSR count). The van der Waals surface area contributed by atoms with E-state index in [0.29, 0.717) is 23.7 Å². The largest absolute Gasteiger partial charge is 0.434 e. The van der Waals surface area contributed by atoms with E-state index in [0.717, 1.165) is 18.3 Å². The summed E-state index contributed by atoms with van der Waals surface area (Å²) in [4.78, 5) is 15.9. The van der Waals surface area contributed by atoms with Crippen molar-refractivity contribution in [1.29, 1.82) is 0 Å². The molecule has 3 heterocycles. The Morgan fingerprint density at radius 2 is 2.30 bits per heavy atom. The summed E-state index contributed by atoms with van der Waals surface area (Å²) < 4.78 is 21.7. The molecule has 0 saturated heterocycles. The molecule has 0 spiro atoms. The van der Waals surface area contributed by atoms with Crippen LogP contribution in [0.25, 0.3) is 5.52 Å². The zero-order chi connectivity index (χ0) is 21.1. The van der Waals surface area contributed by atoms with Crippen LogP contribution in [0.15, 0.2) is 61.1 Å². The average Bonchev–Trinajstić information content (AvgIpc) is 3.39. The van der Waals surface area contributed by atoms with Crippen molar-refractivity contribution in [2.24, 2.45) is 0 Å². The van der Waals surface area contributed by atoms with Crippen molar-refractivity contribution < 1.29 is 13.9 Å². The summed E-state index contributed by atoms with van der Waals surface area (Å²) in [6.45, 7) is 6.85. The minimum atomic E-state index is -0.592. The summed E-state index contributed by atoms with van der Waals surface area (Å²) in [7, 11) is 0. The number of hydrogen-bond acceptors (Lipinski definition) is 7. The minimum Gasteiger partial charge on any atom is -0.434 e. The van der Waals surface area contributed by atoms with Gasteiger partial charge < -0.3 is 20.4 Å². The smallest absolute Gasteiger partial charge is 0.248 e. The van der Waals surface area contributed by atoms with Crippen LogP contribution in [0, 0.1) is 5.82 Å². The first kappa shape index (κ1) is 19.4. The van der Waals surface area contributed by atoms with E-state index in [1.54, 1.807) is 22.8 Å². The first-order chi connectivity index (χ1) is 14.6. The van der Waals surface area contributed by atoms with Crippen LogP contribution in [0.4, 0.5) is 16.0 Å². The summed E-state index contributed by atoms with van der Waals surface area (Å²) in [5, 5.41) is 12.1. The number of nitrogens with one attached hydrogen (secondary N) is 3. The molecule has 0 radical (unpaired) electrons. The van der Waals surface area contributed by atoms with Crippen LogP contribution in [0.3, 0.4) is 0 Å². The van der Waals surface area contributed by atoms with Crippen LogP contribution < -0.4 is 20.8 Å². The molecule has 9 nitrogen and oxygen atoms in total. The summed E-state index contributed by atoms with van der Waals surface area (Å²) in [5.41, 5.74) is 5.01. The van der Waals surface area contributed by atoms with Crippen molar-refractivity contribution in [3.8, 4) is 11.6 Å². The Kier molecular flexibility index (Phi) is 5.31. The number of amides is 1. The number of benzene rings is 1. The van der Waals surface area contributed by atoms with E-state index in [9.17, 15) is 9.18 Å². The fourth-order valence-corrected chi connectivity index (χ4v) is 2.88. The van der Waals surface area contributed by atoms with Gasteiger partial charge in [-0.25, -0.2) is 14.3 Å². The maximum atomic E-state index is 14.4. The second kappa shape index (κ2) is 8.21. The van der Waals surface area contributed by atoms with E-state index < -0.39 is 11.7 Å². The number of rotatable bonds is 7. The van der Waals surface area contributed by atoms with E-state index in [1.807, 2.05) is 18.1 Å². The second-order valence-electron chi connectivity index (χ2n) is 6.42. The van der Waals surface area contributed by atoms with Gasteiger partial charge >= 0.3 is 0 Å². The van der Waals surface area contributed by atoms with Crippen molar-refractivity contribution in [3.05, 3.63) is 66.9 Å². The second-order valence-corrected chi connectivity index (χ2v) is 6.42. The minimum absolute atomic E-state index is 0.0801.